The van der Waals surface area contributed by atoms with Gasteiger partial charge in [0.1, 0.15) is 5.75 Å². The quantitative estimate of drug-likeness (QED) is 0.886. The van der Waals surface area contributed by atoms with Crippen LogP contribution in [0.15, 0.2) is 48.5 Å². The lowest BCUT2D eigenvalue weighted by Gasteiger charge is -2.20. The summed E-state index contributed by atoms with van der Waals surface area (Å²) in [6, 6.07) is 16.0. The molecule has 1 amide bonds. The highest BCUT2D eigenvalue weighted by molar-refractivity contribution is 5.80. The van der Waals surface area contributed by atoms with Crippen LogP contribution in [0.5, 0.6) is 5.75 Å². The normalized spacial score (nSPS) is 12.5. The number of carbonyl (C=O) groups excluding carboxylic acids is 1. The molecule has 0 aliphatic heterocycles. The van der Waals surface area contributed by atoms with Gasteiger partial charge in [-0.15, -0.1) is 0 Å². The molecule has 1 atom stereocenters. The second-order valence-electron chi connectivity index (χ2n) is 7.24. The summed E-state index contributed by atoms with van der Waals surface area (Å²) in [5.74, 6) is 0.595. The molecule has 24 heavy (non-hydrogen) atoms. The maximum absolute atomic E-state index is 12.2. The summed E-state index contributed by atoms with van der Waals surface area (Å²) in [7, 11) is 0. The third-order valence-electron chi connectivity index (χ3n) is 3.95. The van der Waals surface area contributed by atoms with Gasteiger partial charge in [0.05, 0.1) is 0 Å². The molecule has 3 heteroatoms. The highest BCUT2D eigenvalue weighted by Crippen LogP contribution is 2.24. The van der Waals surface area contributed by atoms with E-state index in [1.807, 2.05) is 49.4 Å². The van der Waals surface area contributed by atoms with Crippen LogP contribution in [0.1, 0.15) is 44.4 Å². The van der Waals surface area contributed by atoms with Crippen LogP contribution in [0.4, 0.5) is 0 Å². The first-order valence-electron chi connectivity index (χ1n) is 8.36. The van der Waals surface area contributed by atoms with Crippen molar-refractivity contribution >= 4 is 5.91 Å². The Morgan fingerprint density at radius 2 is 1.79 bits per heavy atom. The standard InChI is InChI=1S/C21H27NO2/c1-15-7-6-8-17(13-15)14-22-20(23)16(2)24-19-11-9-18(10-12-19)21(3,4)5/h6-13,16H,14H2,1-5H3,(H,22,23). The van der Waals surface area contributed by atoms with Gasteiger partial charge in [-0.3, -0.25) is 4.79 Å². The largest absolute Gasteiger partial charge is 0.481 e. The van der Waals surface area contributed by atoms with Gasteiger partial charge in [0.25, 0.3) is 5.91 Å². The predicted octanol–water partition coefficient (Wildman–Crippen LogP) is 4.38. The molecule has 0 heterocycles. The second-order valence-corrected chi connectivity index (χ2v) is 7.24. The van der Waals surface area contributed by atoms with E-state index < -0.39 is 6.10 Å². The lowest BCUT2D eigenvalue weighted by Crippen LogP contribution is -2.35. The molecule has 128 valence electrons. The Balaban J connectivity index is 1.89. The summed E-state index contributed by atoms with van der Waals surface area (Å²) in [5.41, 5.74) is 3.62. The van der Waals surface area contributed by atoms with Crippen molar-refractivity contribution in [3.8, 4) is 5.75 Å². The minimum Gasteiger partial charge on any atom is -0.481 e. The number of hydrogen-bond acceptors (Lipinski definition) is 2. The molecule has 2 aromatic rings. The molecular weight excluding hydrogens is 298 g/mol. The molecule has 1 unspecified atom stereocenters. The number of benzene rings is 2. The lowest BCUT2D eigenvalue weighted by molar-refractivity contribution is -0.127. The van der Waals surface area contributed by atoms with E-state index in [2.05, 4.69) is 32.2 Å². The minimum atomic E-state index is -0.532. The van der Waals surface area contributed by atoms with Gasteiger partial charge in [-0.05, 0) is 42.5 Å². The van der Waals surface area contributed by atoms with Gasteiger partial charge in [-0.25, -0.2) is 0 Å². The van der Waals surface area contributed by atoms with E-state index in [9.17, 15) is 4.79 Å². The number of hydrogen-bond donors (Lipinski definition) is 1. The highest BCUT2D eigenvalue weighted by Gasteiger charge is 2.16. The molecule has 1 N–H and O–H groups in total. The Hall–Kier alpha value is -2.29. The van der Waals surface area contributed by atoms with Crippen molar-refractivity contribution < 1.29 is 9.53 Å². The van der Waals surface area contributed by atoms with E-state index in [0.29, 0.717) is 12.3 Å². The summed E-state index contributed by atoms with van der Waals surface area (Å²) in [4.78, 5) is 12.2. The average molecular weight is 325 g/mol. The van der Waals surface area contributed by atoms with Crippen molar-refractivity contribution in [2.75, 3.05) is 0 Å². The number of nitrogens with one attached hydrogen (secondary N) is 1. The fourth-order valence-electron chi connectivity index (χ4n) is 2.45. The molecule has 3 nitrogen and oxygen atoms in total. The van der Waals surface area contributed by atoms with Crippen molar-refractivity contribution in [2.45, 2.75) is 52.7 Å². The third kappa shape index (κ3) is 5.12. The van der Waals surface area contributed by atoms with E-state index >= 15 is 0 Å². The van der Waals surface area contributed by atoms with E-state index in [4.69, 9.17) is 4.74 Å². The summed E-state index contributed by atoms with van der Waals surface area (Å²) in [6.45, 7) is 10.8. The predicted molar refractivity (Wildman–Crippen MR) is 98.3 cm³/mol. The maximum Gasteiger partial charge on any atom is 0.261 e. The zero-order chi connectivity index (χ0) is 17.7. The molecule has 0 saturated carbocycles. The minimum absolute atomic E-state index is 0.106. The molecule has 2 rings (SSSR count). The van der Waals surface area contributed by atoms with Crippen LogP contribution in [0.2, 0.25) is 0 Å². The van der Waals surface area contributed by atoms with Crippen molar-refractivity contribution in [2.24, 2.45) is 0 Å². The molecular formula is C21H27NO2. The zero-order valence-corrected chi connectivity index (χ0v) is 15.2. The summed E-state index contributed by atoms with van der Waals surface area (Å²) in [5, 5.41) is 2.92. The lowest BCUT2D eigenvalue weighted by atomic mass is 9.87. The van der Waals surface area contributed by atoms with Gasteiger partial charge in [-0.2, -0.15) is 0 Å². The van der Waals surface area contributed by atoms with Crippen LogP contribution in [-0.2, 0) is 16.8 Å². The Labute approximate surface area is 145 Å². The van der Waals surface area contributed by atoms with Gasteiger partial charge >= 0.3 is 0 Å². The number of ether oxygens (including phenoxy) is 1. The fourth-order valence-corrected chi connectivity index (χ4v) is 2.45. The van der Waals surface area contributed by atoms with E-state index in [1.54, 1.807) is 6.92 Å². The van der Waals surface area contributed by atoms with E-state index in [-0.39, 0.29) is 11.3 Å². The van der Waals surface area contributed by atoms with E-state index in [0.717, 1.165) is 5.56 Å². The van der Waals surface area contributed by atoms with Gasteiger partial charge in [0, 0.05) is 6.54 Å². The van der Waals surface area contributed by atoms with Crippen LogP contribution in [-0.4, -0.2) is 12.0 Å². The van der Waals surface area contributed by atoms with Crippen LogP contribution in [0.25, 0.3) is 0 Å². The van der Waals surface area contributed by atoms with Crippen LogP contribution >= 0.6 is 0 Å². The molecule has 0 saturated heterocycles. The summed E-state index contributed by atoms with van der Waals surface area (Å²) in [6.07, 6.45) is -0.532. The average Bonchev–Trinajstić information content (AvgIpc) is 2.52. The fraction of sp³-hybridized carbons (Fsp3) is 0.381. The Morgan fingerprint density at radius 1 is 1.12 bits per heavy atom. The molecule has 0 radical (unpaired) electrons. The van der Waals surface area contributed by atoms with Crippen LogP contribution < -0.4 is 10.1 Å². The Morgan fingerprint density at radius 3 is 2.38 bits per heavy atom. The number of amides is 1. The van der Waals surface area contributed by atoms with Crippen LogP contribution in [0, 0.1) is 6.92 Å². The highest BCUT2D eigenvalue weighted by atomic mass is 16.5. The monoisotopic (exact) mass is 325 g/mol. The first-order chi connectivity index (χ1) is 11.3. The smallest absolute Gasteiger partial charge is 0.261 e. The van der Waals surface area contributed by atoms with Gasteiger partial charge in [-0.1, -0.05) is 62.7 Å². The van der Waals surface area contributed by atoms with Crippen LogP contribution in [0.3, 0.4) is 0 Å². The molecule has 2 aromatic carbocycles. The van der Waals surface area contributed by atoms with Crippen molar-refractivity contribution in [3.05, 3.63) is 65.2 Å². The maximum atomic E-state index is 12.2. The third-order valence-corrected chi connectivity index (χ3v) is 3.95. The molecule has 0 spiro atoms. The van der Waals surface area contributed by atoms with E-state index in [1.165, 1.54) is 11.1 Å². The summed E-state index contributed by atoms with van der Waals surface area (Å²) >= 11 is 0. The molecule has 0 bridgehead atoms. The number of rotatable bonds is 5. The first kappa shape index (κ1) is 18.1. The first-order valence-corrected chi connectivity index (χ1v) is 8.36. The van der Waals surface area contributed by atoms with Crippen molar-refractivity contribution in [1.82, 2.24) is 5.32 Å². The topological polar surface area (TPSA) is 38.3 Å². The molecule has 0 aromatic heterocycles. The Kier molecular flexibility index (Phi) is 5.66. The number of carbonyl (C=O) groups is 1. The van der Waals surface area contributed by atoms with Gasteiger partial charge < -0.3 is 10.1 Å². The van der Waals surface area contributed by atoms with Gasteiger partial charge in [0.15, 0.2) is 6.10 Å². The number of aryl methyl sites for hydroxylation is 1. The van der Waals surface area contributed by atoms with Gasteiger partial charge in [0.2, 0.25) is 0 Å². The van der Waals surface area contributed by atoms with Crippen molar-refractivity contribution in [1.29, 1.82) is 0 Å². The second kappa shape index (κ2) is 7.52. The molecule has 0 aliphatic rings. The summed E-state index contributed by atoms with van der Waals surface area (Å²) < 4.78 is 5.74. The molecule has 0 aliphatic carbocycles. The Bertz CT molecular complexity index is 684. The van der Waals surface area contributed by atoms with Crippen molar-refractivity contribution in [3.63, 3.8) is 0 Å². The zero-order valence-electron chi connectivity index (χ0n) is 15.2. The molecule has 0 fully saturated rings. The SMILES string of the molecule is Cc1cccc(CNC(=O)C(C)Oc2ccc(C(C)(C)C)cc2)c1.